The molecule has 0 amide bonds. The molecule has 0 aliphatic rings. The van der Waals surface area contributed by atoms with Crippen molar-refractivity contribution in [1.29, 1.82) is 0 Å². The lowest BCUT2D eigenvalue weighted by atomic mass is 10.1. The molecule has 0 spiro atoms. The van der Waals surface area contributed by atoms with E-state index >= 15 is 0 Å². The van der Waals surface area contributed by atoms with Crippen molar-refractivity contribution in [3.8, 4) is 0 Å². The second kappa shape index (κ2) is 5.54. The Hall–Kier alpha value is -1.33. The molecule has 0 bridgehead atoms. The fourth-order valence-electron chi connectivity index (χ4n) is 1.52. The van der Waals surface area contributed by atoms with E-state index in [0.717, 1.165) is 15.1 Å². The van der Waals surface area contributed by atoms with E-state index in [0.29, 0.717) is 5.82 Å². The first-order valence-electron chi connectivity index (χ1n) is 5.36. The number of nitrogens with one attached hydrogen (secondary N) is 1. The van der Waals surface area contributed by atoms with E-state index in [-0.39, 0.29) is 12.0 Å². The highest BCUT2D eigenvalue weighted by molar-refractivity contribution is 9.10. The molecule has 0 saturated carbocycles. The molecule has 0 aliphatic carbocycles. The maximum absolute atomic E-state index is 5.86. The molecular formula is C12H12BrClN4. The zero-order chi connectivity index (χ0) is 13.1. The Labute approximate surface area is 119 Å². The SMILES string of the molecule is CC(Nc1nc(N)ncc1Br)c1ccc(Cl)cc1. The summed E-state index contributed by atoms with van der Waals surface area (Å²) in [4.78, 5) is 8.03. The molecular weight excluding hydrogens is 316 g/mol. The van der Waals surface area contributed by atoms with Crippen molar-refractivity contribution in [2.75, 3.05) is 11.1 Å². The highest BCUT2D eigenvalue weighted by Gasteiger charge is 2.09. The first-order chi connectivity index (χ1) is 8.56. The summed E-state index contributed by atoms with van der Waals surface area (Å²) in [5.41, 5.74) is 6.68. The van der Waals surface area contributed by atoms with Crippen molar-refractivity contribution in [1.82, 2.24) is 9.97 Å². The highest BCUT2D eigenvalue weighted by atomic mass is 79.9. The third-order valence-corrected chi connectivity index (χ3v) is 3.32. The van der Waals surface area contributed by atoms with Crippen molar-refractivity contribution in [3.05, 3.63) is 45.5 Å². The van der Waals surface area contributed by atoms with Crippen LogP contribution in [0.2, 0.25) is 5.02 Å². The van der Waals surface area contributed by atoms with Crippen LogP contribution in [0.4, 0.5) is 11.8 Å². The number of hydrogen-bond acceptors (Lipinski definition) is 4. The van der Waals surface area contributed by atoms with Gasteiger partial charge in [-0.2, -0.15) is 4.98 Å². The molecule has 1 aromatic heterocycles. The maximum Gasteiger partial charge on any atom is 0.221 e. The summed E-state index contributed by atoms with van der Waals surface area (Å²) in [6, 6.07) is 7.75. The van der Waals surface area contributed by atoms with Crippen LogP contribution < -0.4 is 11.1 Å². The van der Waals surface area contributed by atoms with E-state index in [9.17, 15) is 0 Å². The minimum Gasteiger partial charge on any atom is -0.368 e. The largest absolute Gasteiger partial charge is 0.368 e. The molecule has 2 aromatic rings. The highest BCUT2D eigenvalue weighted by Crippen LogP contribution is 2.25. The molecule has 4 nitrogen and oxygen atoms in total. The lowest BCUT2D eigenvalue weighted by molar-refractivity contribution is 0.871. The molecule has 1 atom stereocenters. The molecule has 0 saturated heterocycles. The minimum absolute atomic E-state index is 0.0906. The lowest BCUT2D eigenvalue weighted by Gasteiger charge is -2.16. The molecule has 1 heterocycles. The van der Waals surface area contributed by atoms with Gasteiger partial charge in [0.2, 0.25) is 5.95 Å². The van der Waals surface area contributed by atoms with Crippen LogP contribution in [0.5, 0.6) is 0 Å². The van der Waals surface area contributed by atoms with E-state index in [1.165, 1.54) is 0 Å². The van der Waals surface area contributed by atoms with E-state index in [2.05, 4.69) is 31.2 Å². The topological polar surface area (TPSA) is 63.8 Å². The van der Waals surface area contributed by atoms with Gasteiger partial charge in [-0.25, -0.2) is 4.98 Å². The predicted molar refractivity (Wildman–Crippen MR) is 77.6 cm³/mol. The number of hydrogen-bond donors (Lipinski definition) is 2. The summed E-state index contributed by atoms with van der Waals surface area (Å²) in [7, 11) is 0. The molecule has 2 rings (SSSR count). The summed E-state index contributed by atoms with van der Waals surface area (Å²) in [5.74, 6) is 0.911. The fraction of sp³-hybridized carbons (Fsp3) is 0.167. The van der Waals surface area contributed by atoms with Gasteiger partial charge in [0.15, 0.2) is 0 Å². The summed E-state index contributed by atoms with van der Waals surface area (Å²) in [5, 5.41) is 3.99. The van der Waals surface area contributed by atoms with Gasteiger partial charge in [0.25, 0.3) is 0 Å². The number of anilines is 2. The van der Waals surface area contributed by atoms with Gasteiger partial charge >= 0.3 is 0 Å². The third-order valence-electron chi connectivity index (χ3n) is 2.49. The smallest absolute Gasteiger partial charge is 0.221 e. The van der Waals surface area contributed by atoms with Crippen molar-refractivity contribution < 1.29 is 0 Å². The summed E-state index contributed by atoms with van der Waals surface area (Å²) >= 11 is 9.24. The average molecular weight is 328 g/mol. The van der Waals surface area contributed by atoms with E-state index in [1.54, 1.807) is 6.20 Å². The summed E-state index contributed by atoms with van der Waals surface area (Å²) < 4.78 is 0.775. The van der Waals surface area contributed by atoms with Crippen LogP contribution in [0.25, 0.3) is 0 Å². The van der Waals surface area contributed by atoms with Gasteiger partial charge in [0.1, 0.15) is 5.82 Å². The third kappa shape index (κ3) is 3.11. The normalized spacial score (nSPS) is 12.2. The minimum atomic E-state index is 0.0906. The van der Waals surface area contributed by atoms with Crippen LogP contribution in [-0.4, -0.2) is 9.97 Å². The number of nitrogens with two attached hydrogens (primary N) is 1. The Morgan fingerprint density at radius 2 is 2.00 bits per heavy atom. The van der Waals surface area contributed by atoms with Crippen molar-refractivity contribution >= 4 is 39.3 Å². The van der Waals surface area contributed by atoms with E-state index in [4.69, 9.17) is 17.3 Å². The second-order valence-electron chi connectivity index (χ2n) is 3.84. The van der Waals surface area contributed by atoms with Gasteiger partial charge in [-0.3, -0.25) is 0 Å². The van der Waals surface area contributed by atoms with Gasteiger partial charge in [0, 0.05) is 17.3 Å². The number of benzene rings is 1. The van der Waals surface area contributed by atoms with Gasteiger partial charge < -0.3 is 11.1 Å². The Balaban J connectivity index is 2.18. The Morgan fingerprint density at radius 3 is 2.67 bits per heavy atom. The van der Waals surface area contributed by atoms with Crippen molar-refractivity contribution in [3.63, 3.8) is 0 Å². The van der Waals surface area contributed by atoms with Crippen LogP contribution in [0.3, 0.4) is 0 Å². The molecule has 94 valence electrons. The van der Waals surface area contributed by atoms with Crippen LogP contribution in [0.1, 0.15) is 18.5 Å². The van der Waals surface area contributed by atoms with Gasteiger partial charge in [-0.15, -0.1) is 0 Å². The van der Waals surface area contributed by atoms with E-state index in [1.807, 2.05) is 31.2 Å². The van der Waals surface area contributed by atoms with Crippen LogP contribution >= 0.6 is 27.5 Å². The quantitative estimate of drug-likeness (QED) is 0.903. The van der Waals surface area contributed by atoms with Crippen LogP contribution in [0, 0.1) is 0 Å². The molecule has 0 fully saturated rings. The first kappa shape index (κ1) is 13.1. The molecule has 1 aromatic carbocycles. The summed E-state index contributed by atoms with van der Waals surface area (Å²) in [6.45, 7) is 2.04. The van der Waals surface area contributed by atoms with Crippen molar-refractivity contribution in [2.24, 2.45) is 0 Å². The fourth-order valence-corrected chi connectivity index (χ4v) is 1.95. The van der Waals surface area contributed by atoms with E-state index < -0.39 is 0 Å². The lowest BCUT2D eigenvalue weighted by Crippen LogP contribution is -2.09. The molecule has 1 unspecified atom stereocenters. The zero-order valence-electron chi connectivity index (χ0n) is 9.69. The number of nitrogen functional groups attached to an aromatic ring is 1. The van der Waals surface area contributed by atoms with Gasteiger partial charge in [0.05, 0.1) is 4.47 Å². The molecule has 3 N–H and O–H groups in total. The number of aromatic nitrogens is 2. The molecule has 18 heavy (non-hydrogen) atoms. The van der Waals surface area contributed by atoms with Crippen LogP contribution in [0.15, 0.2) is 34.9 Å². The Kier molecular flexibility index (Phi) is 4.04. The molecule has 0 radical (unpaired) electrons. The summed E-state index contributed by atoms with van der Waals surface area (Å²) in [6.07, 6.45) is 1.62. The average Bonchev–Trinajstić information content (AvgIpc) is 2.34. The Morgan fingerprint density at radius 1 is 1.33 bits per heavy atom. The van der Waals surface area contributed by atoms with Gasteiger partial charge in [-0.05, 0) is 40.5 Å². The molecule has 0 aliphatic heterocycles. The van der Waals surface area contributed by atoms with Crippen LogP contribution in [-0.2, 0) is 0 Å². The standard InChI is InChI=1S/C12H12BrClN4/c1-7(8-2-4-9(14)5-3-8)17-11-10(13)6-16-12(15)18-11/h2-7H,1H3,(H3,15,16,17,18). The number of rotatable bonds is 3. The number of nitrogens with zero attached hydrogens (tertiary/aromatic N) is 2. The Bertz CT molecular complexity index is 544. The van der Waals surface area contributed by atoms with Crippen molar-refractivity contribution in [2.45, 2.75) is 13.0 Å². The second-order valence-corrected chi connectivity index (χ2v) is 5.13. The van der Waals surface area contributed by atoms with Gasteiger partial charge in [-0.1, -0.05) is 23.7 Å². The molecule has 6 heteroatoms. The maximum atomic E-state index is 5.86. The zero-order valence-corrected chi connectivity index (χ0v) is 12.0. The first-order valence-corrected chi connectivity index (χ1v) is 6.53. The monoisotopic (exact) mass is 326 g/mol. The predicted octanol–water partition coefficient (Wildman–Crippen LogP) is 3.65. The number of halogens is 2.